The molecule has 1 amide bonds. The molecule has 0 aliphatic carbocycles. The summed E-state index contributed by atoms with van der Waals surface area (Å²) < 4.78 is 0.922. The van der Waals surface area contributed by atoms with Crippen LogP contribution in [0, 0.1) is 3.57 Å². The summed E-state index contributed by atoms with van der Waals surface area (Å²) >= 11 is 18.6. The highest BCUT2D eigenvalue weighted by Crippen LogP contribution is 2.20. The van der Waals surface area contributed by atoms with Gasteiger partial charge in [0.25, 0.3) is 5.91 Å². The lowest BCUT2D eigenvalue weighted by atomic mass is 10.3. The summed E-state index contributed by atoms with van der Waals surface area (Å²) in [6, 6.07) is 5.16. The van der Waals surface area contributed by atoms with E-state index in [-0.39, 0.29) is 0 Å². The number of nitrogens with one attached hydrogen (secondary N) is 1. The number of hydrogen-bond donors (Lipinski definition) is 1. The highest BCUT2D eigenvalue weighted by Gasteiger charge is 2.11. The minimum absolute atomic E-state index is 0.466. The molecule has 2 nitrogen and oxygen atoms in total. The Kier molecular flexibility index (Phi) is 4.76. The molecule has 14 heavy (non-hydrogen) atoms. The summed E-state index contributed by atoms with van der Waals surface area (Å²) in [5, 5.41) is 3.08. The van der Waals surface area contributed by atoms with Crippen molar-refractivity contribution in [2.75, 3.05) is 5.32 Å². The Morgan fingerprint density at radius 3 is 2.50 bits per heavy atom. The van der Waals surface area contributed by atoms with Crippen molar-refractivity contribution < 1.29 is 4.79 Å². The van der Waals surface area contributed by atoms with Gasteiger partial charge in [-0.1, -0.05) is 34.8 Å². The van der Waals surface area contributed by atoms with E-state index in [1.54, 1.807) is 18.2 Å². The normalized spacial score (nSPS) is 10.4. The molecule has 0 aliphatic heterocycles. The number of rotatable bonds is 2. The van der Waals surface area contributed by atoms with Crippen LogP contribution in [-0.4, -0.2) is 10.7 Å². The van der Waals surface area contributed by atoms with Crippen LogP contribution >= 0.6 is 57.4 Å². The number of amides is 1. The monoisotopic (exact) mass is 363 g/mol. The van der Waals surface area contributed by atoms with Crippen molar-refractivity contribution in [2.24, 2.45) is 0 Å². The lowest BCUT2D eigenvalue weighted by molar-refractivity contribution is -0.114. The van der Waals surface area contributed by atoms with E-state index in [1.165, 1.54) is 0 Å². The third-order valence-electron chi connectivity index (χ3n) is 1.33. The molecule has 0 aromatic heterocycles. The van der Waals surface area contributed by atoms with Gasteiger partial charge >= 0.3 is 0 Å². The Morgan fingerprint density at radius 2 is 2.00 bits per heavy atom. The van der Waals surface area contributed by atoms with Crippen LogP contribution in [0.2, 0.25) is 5.02 Å². The van der Waals surface area contributed by atoms with Crippen molar-refractivity contribution in [1.29, 1.82) is 0 Å². The van der Waals surface area contributed by atoms with E-state index in [0.717, 1.165) is 3.57 Å². The number of benzene rings is 1. The van der Waals surface area contributed by atoms with Crippen LogP contribution < -0.4 is 5.32 Å². The van der Waals surface area contributed by atoms with Crippen molar-refractivity contribution in [2.45, 2.75) is 4.84 Å². The predicted octanol–water partition coefficient (Wildman–Crippen LogP) is 3.69. The Morgan fingerprint density at radius 1 is 1.36 bits per heavy atom. The molecule has 6 heteroatoms. The largest absolute Gasteiger partial charge is 0.324 e. The maximum atomic E-state index is 11.1. The van der Waals surface area contributed by atoms with Gasteiger partial charge in [0.15, 0.2) is 4.84 Å². The molecule has 0 fully saturated rings. The zero-order chi connectivity index (χ0) is 10.7. The quantitative estimate of drug-likeness (QED) is 0.629. The average molecular weight is 364 g/mol. The standard InChI is InChI=1S/C8H5Cl3INO/c9-4-1-5(12)3-6(2-4)13-8(14)7(10)11/h1-3,7H,(H,13,14). The van der Waals surface area contributed by atoms with Crippen molar-refractivity contribution in [1.82, 2.24) is 0 Å². The first kappa shape index (κ1) is 12.4. The first-order valence-corrected chi connectivity index (χ1v) is 5.87. The molecule has 0 radical (unpaired) electrons. The fraction of sp³-hybridized carbons (Fsp3) is 0.125. The van der Waals surface area contributed by atoms with Crippen LogP contribution in [0.1, 0.15) is 0 Å². The Bertz CT molecular complexity index is 336. The second-order valence-corrected chi connectivity index (χ2v) is 5.23. The van der Waals surface area contributed by atoms with Crippen LogP contribution in [0.3, 0.4) is 0 Å². The van der Waals surface area contributed by atoms with Gasteiger partial charge < -0.3 is 5.32 Å². The zero-order valence-electron chi connectivity index (χ0n) is 6.73. The zero-order valence-corrected chi connectivity index (χ0v) is 11.2. The van der Waals surface area contributed by atoms with E-state index in [2.05, 4.69) is 27.9 Å². The molecule has 76 valence electrons. The topological polar surface area (TPSA) is 29.1 Å². The summed E-state index contributed by atoms with van der Waals surface area (Å²) in [5.74, 6) is -0.466. The van der Waals surface area contributed by atoms with Gasteiger partial charge in [0.2, 0.25) is 0 Å². The fourth-order valence-corrected chi connectivity index (χ4v) is 2.02. The van der Waals surface area contributed by atoms with Gasteiger partial charge in [-0.25, -0.2) is 0 Å². The van der Waals surface area contributed by atoms with Gasteiger partial charge in [-0.05, 0) is 40.8 Å². The number of halogens is 4. The predicted molar refractivity (Wildman–Crippen MR) is 68.3 cm³/mol. The minimum Gasteiger partial charge on any atom is -0.324 e. The molecule has 1 aromatic carbocycles. The molecule has 0 bridgehead atoms. The van der Waals surface area contributed by atoms with Crippen LogP contribution in [0.5, 0.6) is 0 Å². The van der Waals surface area contributed by atoms with Crippen LogP contribution in [0.4, 0.5) is 5.69 Å². The molecule has 0 saturated carbocycles. The summed E-state index contributed by atoms with van der Waals surface area (Å²) in [5.41, 5.74) is 0.582. The first-order chi connectivity index (χ1) is 6.49. The third-order valence-corrected chi connectivity index (χ3v) is 2.57. The van der Waals surface area contributed by atoms with E-state index in [9.17, 15) is 4.79 Å². The van der Waals surface area contributed by atoms with E-state index in [1.807, 2.05) is 0 Å². The molecular formula is C8H5Cl3INO. The van der Waals surface area contributed by atoms with Crippen molar-refractivity contribution in [3.8, 4) is 0 Å². The van der Waals surface area contributed by atoms with Gasteiger partial charge in [-0.15, -0.1) is 0 Å². The van der Waals surface area contributed by atoms with Gasteiger partial charge in [0.1, 0.15) is 0 Å². The van der Waals surface area contributed by atoms with Crippen LogP contribution in [0.25, 0.3) is 0 Å². The van der Waals surface area contributed by atoms with E-state index < -0.39 is 10.7 Å². The number of hydrogen-bond acceptors (Lipinski definition) is 1. The second kappa shape index (κ2) is 5.39. The Hall–Kier alpha value is 0.290. The molecule has 0 unspecified atom stereocenters. The molecule has 0 spiro atoms. The fourth-order valence-electron chi connectivity index (χ4n) is 0.823. The molecule has 0 saturated heterocycles. The van der Waals surface area contributed by atoms with E-state index in [0.29, 0.717) is 10.7 Å². The van der Waals surface area contributed by atoms with Crippen molar-refractivity contribution >= 4 is 69.0 Å². The lowest BCUT2D eigenvalue weighted by Gasteiger charge is -2.06. The molecule has 0 aliphatic rings. The van der Waals surface area contributed by atoms with Gasteiger partial charge in [0, 0.05) is 14.3 Å². The first-order valence-electron chi connectivity index (χ1n) is 3.54. The summed E-state index contributed by atoms with van der Waals surface area (Å²) in [6.07, 6.45) is 0. The van der Waals surface area contributed by atoms with Crippen molar-refractivity contribution in [3.63, 3.8) is 0 Å². The van der Waals surface area contributed by atoms with E-state index >= 15 is 0 Å². The van der Waals surface area contributed by atoms with Crippen LogP contribution in [0.15, 0.2) is 18.2 Å². The van der Waals surface area contributed by atoms with Crippen molar-refractivity contribution in [3.05, 3.63) is 26.8 Å². The number of carbonyl (C=O) groups excluding carboxylic acids is 1. The Balaban J connectivity index is 2.82. The van der Waals surface area contributed by atoms with E-state index in [4.69, 9.17) is 34.8 Å². The van der Waals surface area contributed by atoms with Gasteiger partial charge in [-0.3, -0.25) is 4.79 Å². The summed E-state index contributed by atoms with van der Waals surface area (Å²) in [6.45, 7) is 0. The Labute approximate surface area is 110 Å². The molecular weight excluding hydrogens is 359 g/mol. The lowest BCUT2D eigenvalue weighted by Crippen LogP contribution is -2.18. The number of carbonyl (C=O) groups is 1. The second-order valence-electron chi connectivity index (χ2n) is 2.45. The molecule has 1 N–H and O–H groups in total. The highest BCUT2D eigenvalue weighted by molar-refractivity contribution is 14.1. The van der Waals surface area contributed by atoms with Gasteiger partial charge in [-0.2, -0.15) is 0 Å². The highest BCUT2D eigenvalue weighted by atomic mass is 127. The summed E-state index contributed by atoms with van der Waals surface area (Å²) in [7, 11) is 0. The molecule has 1 aromatic rings. The van der Waals surface area contributed by atoms with Crippen LogP contribution in [-0.2, 0) is 4.79 Å². The third kappa shape index (κ3) is 3.81. The SMILES string of the molecule is O=C(Nc1cc(Cl)cc(I)c1)C(Cl)Cl. The molecule has 0 heterocycles. The minimum atomic E-state index is -1.08. The summed E-state index contributed by atoms with van der Waals surface area (Å²) in [4.78, 5) is 10.0. The average Bonchev–Trinajstić information content (AvgIpc) is 2.01. The maximum Gasteiger partial charge on any atom is 0.257 e. The number of alkyl halides is 2. The smallest absolute Gasteiger partial charge is 0.257 e. The maximum absolute atomic E-state index is 11.1. The molecule has 0 atom stereocenters. The number of anilines is 1. The van der Waals surface area contributed by atoms with Gasteiger partial charge in [0.05, 0.1) is 0 Å². The molecule has 1 rings (SSSR count).